The van der Waals surface area contributed by atoms with E-state index in [-0.39, 0.29) is 0 Å². The van der Waals surface area contributed by atoms with Crippen LogP contribution in [0.2, 0.25) is 0 Å². The quantitative estimate of drug-likeness (QED) is 0.788. The molecule has 0 saturated heterocycles. The first kappa shape index (κ1) is 17.1. The van der Waals surface area contributed by atoms with E-state index < -0.39 is 11.8 Å². The van der Waals surface area contributed by atoms with Gasteiger partial charge in [-0.05, 0) is 43.5 Å². The summed E-state index contributed by atoms with van der Waals surface area (Å²) in [5.74, 6) is 0.453. The predicted octanol–water partition coefficient (Wildman–Crippen LogP) is 1.46. The molecule has 1 aliphatic heterocycles. The zero-order valence-corrected chi connectivity index (χ0v) is 14.2. The second kappa shape index (κ2) is 7.35. The van der Waals surface area contributed by atoms with Crippen molar-refractivity contribution in [2.75, 3.05) is 33.9 Å². The Morgan fingerprint density at radius 3 is 2.17 bits per heavy atom. The number of benzene rings is 1. The highest BCUT2D eigenvalue weighted by Gasteiger charge is 2.29. The van der Waals surface area contributed by atoms with Crippen molar-refractivity contribution in [2.24, 2.45) is 0 Å². The van der Waals surface area contributed by atoms with Crippen molar-refractivity contribution in [3.8, 4) is 11.5 Å². The number of likely N-dealkylation sites (N-methyl/N-ethyl adjacent to an activating group) is 1. The molecule has 0 atom stereocenters. The van der Waals surface area contributed by atoms with Gasteiger partial charge in [-0.15, -0.1) is 0 Å². The van der Waals surface area contributed by atoms with Gasteiger partial charge in [0.25, 0.3) is 0 Å². The summed E-state index contributed by atoms with van der Waals surface area (Å²) in [6, 6.07) is 3.83. The van der Waals surface area contributed by atoms with Crippen LogP contribution in [0, 0.1) is 0 Å². The van der Waals surface area contributed by atoms with Crippen molar-refractivity contribution >= 4 is 11.8 Å². The van der Waals surface area contributed by atoms with Crippen molar-refractivity contribution in [3.63, 3.8) is 0 Å². The maximum atomic E-state index is 12.4. The number of carbonyl (C=O) groups excluding carboxylic acids is 2. The Labute approximate surface area is 137 Å². The number of amides is 2. The van der Waals surface area contributed by atoms with Crippen LogP contribution in [0.1, 0.15) is 25.0 Å². The number of ether oxygens (including phenoxy) is 2. The topological polar surface area (TPSA) is 59.1 Å². The number of methoxy groups -OCH3 is 2. The third-order valence-corrected chi connectivity index (χ3v) is 4.24. The standard InChI is InChI=1S/C17H24N2O4/c1-5-18(6-2)16(20)17(21)19-8-7-12-9-14(22-3)15(23-4)10-13(12)11-19/h9-10H,5-8,11H2,1-4H3. The van der Waals surface area contributed by atoms with Gasteiger partial charge in [0, 0.05) is 26.2 Å². The zero-order valence-electron chi connectivity index (χ0n) is 14.2. The van der Waals surface area contributed by atoms with E-state index in [1.165, 1.54) is 0 Å². The number of hydrogen-bond acceptors (Lipinski definition) is 4. The van der Waals surface area contributed by atoms with Gasteiger partial charge in [-0.25, -0.2) is 0 Å². The lowest BCUT2D eigenvalue weighted by Gasteiger charge is -2.30. The Balaban J connectivity index is 2.19. The summed E-state index contributed by atoms with van der Waals surface area (Å²) < 4.78 is 10.6. The second-order valence-electron chi connectivity index (χ2n) is 5.43. The minimum absolute atomic E-state index is 0.418. The summed E-state index contributed by atoms with van der Waals surface area (Å²) in [4.78, 5) is 27.8. The van der Waals surface area contributed by atoms with E-state index in [2.05, 4.69) is 0 Å². The average molecular weight is 320 g/mol. The molecule has 0 saturated carbocycles. The lowest BCUT2D eigenvalue weighted by atomic mass is 9.98. The third-order valence-electron chi connectivity index (χ3n) is 4.24. The molecule has 1 aromatic rings. The van der Waals surface area contributed by atoms with Gasteiger partial charge in [-0.2, -0.15) is 0 Å². The average Bonchev–Trinajstić information content (AvgIpc) is 2.60. The Morgan fingerprint density at radius 1 is 1.09 bits per heavy atom. The molecule has 23 heavy (non-hydrogen) atoms. The molecule has 0 aliphatic carbocycles. The fraction of sp³-hybridized carbons (Fsp3) is 0.529. The van der Waals surface area contributed by atoms with E-state index in [9.17, 15) is 9.59 Å². The predicted molar refractivity (Wildman–Crippen MR) is 86.6 cm³/mol. The smallest absolute Gasteiger partial charge is 0.312 e. The van der Waals surface area contributed by atoms with Gasteiger partial charge >= 0.3 is 11.8 Å². The maximum Gasteiger partial charge on any atom is 0.312 e. The first-order valence-corrected chi connectivity index (χ1v) is 7.87. The van der Waals surface area contributed by atoms with E-state index in [0.29, 0.717) is 44.1 Å². The molecule has 0 fully saturated rings. The fourth-order valence-electron chi connectivity index (χ4n) is 2.84. The molecule has 1 heterocycles. The Bertz CT molecular complexity index is 597. The lowest BCUT2D eigenvalue weighted by molar-refractivity contribution is -0.152. The Morgan fingerprint density at radius 2 is 1.65 bits per heavy atom. The monoisotopic (exact) mass is 320 g/mol. The van der Waals surface area contributed by atoms with Crippen LogP contribution in [-0.2, 0) is 22.6 Å². The molecular formula is C17H24N2O4. The van der Waals surface area contributed by atoms with Gasteiger partial charge in [-0.1, -0.05) is 0 Å². The van der Waals surface area contributed by atoms with E-state index in [1.54, 1.807) is 24.0 Å². The maximum absolute atomic E-state index is 12.4. The molecular weight excluding hydrogens is 296 g/mol. The molecule has 2 amide bonds. The Hall–Kier alpha value is -2.24. The van der Waals surface area contributed by atoms with Crippen molar-refractivity contribution in [1.29, 1.82) is 0 Å². The van der Waals surface area contributed by atoms with Crippen LogP contribution in [0.25, 0.3) is 0 Å². The van der Waals surface area contributed by atoms with Crippen molar-refractivity contribution < 1.29 is 19.1 Å². The number of fused-ring (bicyclic) bond motifs is 1. The van der Waals surface area contributed by atoms with Crippen LogP contribution in [0.3, 0.4) is 0 Å². The van der Waals surface area contributed by atoms with Gasteiger partial charge in [0.05, 0.1) is 14.2 Å². The lowest BCUT2D eigenvalue weighted by Crippen LogP contribution is -2.46. The van der Waals surface area contributed by atoms with E-state index in [4.69, 9.17) is 9.47 Å². The number of hydrogen-bond donors (Lipinski definition) is 0. The van der Waals surface area contributed by atoms with E-state index in [0.717, 1.165) is 11.1 Å². The summed E-state index contributed by atoms with van der Waals surface area (Å²) in [7, 11) is 3.19. The molecule has 1 aliphatic rings. The summed E-state index contributed by atoms with van der Waals surface area (Å²) in [5, 5.41) is 0. The molecule has 6 heteroatoms. The van der Waals surface area contributed by atoms with Crippen molar-refractivity contribution in [2.45, 2.75) is 26.8 Å². The summed E-state index contributed by atoms with van der Waals surface area (Å²) in [5.41, 5.74) is 2.12. The fourth-order valence-corrected chi connectivity index (χ4v) is 2.84. The van der Waals surface area contributed by atoms with Gasteiger partial charge in [0.15, 0.2) is 11.5 Å². The second-order valence-corrected chi connectivity index (χ2v) is 5.43. The summed E-state index contributed by atoms with van der Waals surface area (Å²) in [6.07, 6.45) is 0.701. The molecule has 0 unspecified atom stereocenters. The molecule has 0 aromatic heterocycles. The highest BCUT2D eigenvalue weighted by atomic mass is 16.5. The SMILES string of the molecule is CCN(CC)C(=O)C(=O)N1CCc2cc(OC)c(OC)cc2C1. The largest absolute Gasteiger partial charge is 0.493 e. The number of rotatable bonds is 4. The summed E-state index contributed by atoms with van der Waals surface area (Å²) >= 11 is 0. The molecule has 6 nitrogen and oxygen atoms in total. The van der Waals surface area contributed by atoms with Crippen molar-refractivity contribution in [1.82, 2.24) is 9.80 Å². The van der Waals surface area contributed by atoms with Crippen molar-refractivity contribution in [3.05, 3.63) is 23.3 Å². The highest BCUT2D eigenvalue weighted by Crippen LogP contribution is 2.33. The molecule has 0 spiro atoms. The van der Waals surface area contributed by atoms with Crippen LogP contribution in [-0.4, -0.2) is 55.5 Å². The van der Waals surface area contributed by atoms with Crippen LogP contribution >= 0.6 is 0 Å². The van der Waals surface area contributed by atoms with E-state index in [1.807, 2.05) is 26.0 Å². The normalized spacial score (nSPS) is 13.3. The van der Waals surface area contributed by atoms with Gasteiger partial charge in [-0.3, -0.25) is 9.59 Å². The third kappa shape index (κ3) is 3.41. The highest BCUT2D eigenvalue weighted by molar-refractivity contribution is 6.34. The minimum Gasteiger partial charge on any atom is -0.493 e. The van der Waals surface area contributed by atoms with E-state index >= 15 is 0 Å². The zero-order chi connectivity index (χ0) is 17.0. The molecule has 1 aromatic carbocycles. The summed E-state index contributed by atoms with van der Waals surface area (Å²) in [6.45, 7) is 5.78. The number of nitrogens with zero attached hydrogens (tertiary/aromatic N) is 2. The van der Waals surface area contributed by atoms with Gasteiger partial charge in [0.2, 0.25) is 0 Å². The first-order chi connectivity index (χ1) is 11.0. The molecule has 0 radical (unpaired) electrons. The molecule has 2 rings (SSSR count). The number of carbonyl (C=O) groups is 2. The van der Waals surface area contributed by atoms with Crippen LogP contribution < -0.4 is 9.47 Å². The molecule has 0 N–H and O–H groups in total. The van der Waals surface area contributed by atoms with Crippen LogP contribution in [0.5, 0.6) is 11.5 Å². The molecule has 126 valence electrons. The van der Waals surface area contributed by atoms with Crippen LogP contribution in [0.15, 0.2) is 12.1 Å². The minimum atomic E-state index is -0.436. The van der Waals surface area contributed by atoms with Crippen LogP contribution in [0.4, 0.5) is 0 Å². The molecule has 0 bridgehead atoms. The Kier molecular flexibility index (Phi) is 5.47. The first-order valence-electron chi connectivity index (χ1n) is 7.87. The van der Waals surface area contributed by atoms with Gasteiger partial charge in [0.1, 0.15) is 0 Å². The van der Waals surface area contributed by atoms with Gasteiger partial charge < -0.3 is 19.3 Å².